The standard InChI is InChI=1S/C15H18ClNO3/c1-17(10-11-4-2-5-12(16)8-11)13(18)9-15(14(19)20)6-3-7-15/h2,4-5,8H,3,6-7,9-10H2,1H3,(H,19,20). The van der Waals surface area contributed by atoms with Crippen LogP contribution in [0.4, 0.5) is 0 Å². The molecule has 20 heavy (non-hydrogen) atoms. The van der Waals surface area contributed by atoms with Gasteiger partial charge in [0.15, 0.2) is 0 Å². The summed E-state index contributed by atoms with van der Waals surface area (Å²) in [7, 11) is 1.69. The fourth-order valence-electron chi connectivity index (χ4n) is 2.49. The van der Waals surface area contributed by atoms with E-state index in [1.165, 1.54) is 0 Å². The van der Waals surface area contributed by atoms with Crippen LogP contribution in [0.15, 0.2) is 24.3 Å². The molecule has 0 heterocycles. The molecule has 1 N–H and O–H groups in total. The van der Waals surface area contributed by atoms with Crippen LogP contribution in [-0.4, -0.2) is 28.9 Å². The average Bonchev–Trinajstić information content (AvgIpc) is 2.32. The minimum Gasteiger partial charge on any atom is -0.481 e. The summed E-state index contributed by atoms with van der Waals surface area (Å²) in [6.07, 6.45) is 2.16. The van der Waals surface area contributed by atoms with Crippen LogP contribution in [0.25, 0.3) is 0 Å². The maximum absolute atomic E-state index is 12.2. The Morgan fingerprint density at radius 3 is 2.60 bits per heavy atom. The van der Waals surface area contributed by atoms with Gasteiger partial charge in [0.25, 0.3) is 0 Å². The molecule has 1 amide bonds. The number of halogens is 1. The number of carboxylic acids is 1. The van der Waals surface area contributed by atoms with E-state index in [1.54, 1.807) is 18.0 Å². The van der Waals surface area contributed by atoms with Crippen molar-refractivity contribution in [1.29, 1.82) is 0 Å². The average molecular weight is 296 g/mol. The van der Waals surface area contributed by atoms with Crippen LogP contribution >= 0.6 is 11.6 Å². The van der Waals surface area contributed by atoms with Gasteiger partial charge in [-0.1, -0.05) is 30.2 Å². The summed E-state index contributed by atoms with van der Waals surface area (Å²) in [4.78, 5) is 25.0. The van der Waals surface area contributed by atoms with Crippen molar-refractivity contribution in [2.75, 3.05) is 7.05 Å². The first-order chi connectivity index (χ1) is 9.43. The van der Waals surface area contributed by atoms with Crippen LogP contribution in [-0.2, 0) is 16.1 Å². The Balaban J connectivity index is 1.97. The Bertz CT molecular complexity index is 526. The lowest BCUT2D eigenvalue weighted by Gasteiger charge is -2.38. The second-order valence-electron chi connectivity index (χ2n) is 5.50. The zero-order valence-electron chi connectivity index (χ0n) is 11.4. The third-order valence-electron chi connectivity index (χ3n) is 3.99. The summed E-state index contributed by atoms with van der Waals surface area (Å²) < 4.78 is 0. The van der Waals surface area contributed by atoms with Crippen LogP contribution in [0, 0.1) is 5.41 Å². The largest absolute Gasteiger partial charge is 0.481 e. The highest BCUT2D eigenvalue weighted by Gasteiger charge is 2.46. The van der Waals surface area contributed by atoms with E-state index in [9.17, 15) is 14.7 Å². The number of aliphatic carboxylic acids is 1. The van der Waals surface area contributed by atoms with Crippen molar-refractivity contribution in [2.45, 2.75) is 32.2 Å². The number of amides is 1. The highest BCUT2D eigenvalue weighted by Crippen LogP contribution is 2.44. The van der Waals surface area contributed by atoms with E-state index in [4.69, 9.17) is 11.6 Å². The second-order valence-corrected chi connectivity index (χ2v) is 5.93. The van der Waals surface area contributed by atoms with Gasteiger partial charge in [-0.2, -0.15) is 0 Å². The van der Waals surface area contributed by atoms with Gasteiger partial charge >= 0.3 is 5.97 Å². The van der Waals surface area contributed by atoms with Crippen LogP contribution in [0.1, 0.15) is 31.2 Å². The molecule has 0 unspecified atom stereocenters. The molecule has 2 rings (SSSR count). The minimum absolute atomic E-state index is 0.0827. The summed E-state index contributed by atoms with van der Waals surface area (Å²) in [5.41, 5.74) is 0.103. The molecule has 0 aliphatic heterocycles. The third kappa shape index (κ3) is 3.12. The Morgan fingerprint density at radius 2 is 2.10 bits per heavy atom. The van der Waals surface area contributed by atoms with Crippen molar-refractivity contribution < 1.29 is 14.7 Å². The first-order valence-corrected chi connectivity index (χ1v) is 7.02. The molecular weight excluding hydrogens is 278 g/mol. The highest BCUT2D eigenvalue weighted by atomic mass is 35.5. The molecule has 108 valence electrons. The van der Waals surface area contributed by atoms with Gasteiger partial charge in [0.05, 0.1) is 5.41 Å². The van der Waals surface area contributed by atoms with Crippen molar-refractivity contribution in [3.63, 3.8) is 0 Å². The summed E-state index contributed by atoms with van der Waals surface area (Å²) in [5, 5.41) is 9.88. The van der Waals surface area contributed by atoms with Crippen molar-refractivity contribution in [3.05, 3.63) is 34.9 Å². The summed E-state index contributed by atoms with van der Waals surface area (Å²) in [5.74, 6) is -0.986. The van der Waals surface area contributed by atoms with Gasteiger partial charge < -0.3 is 10.0 Å². The zero-order chi connectivity index (χ0) is 14.8. The van der Waals surface area contributed by atoms with Crippen LogP contribution in [0.5, 0.6) is 0 Å². The first-order valence-electron chi connectivity index (χ1n) is 6.65. The molecule has 1 aliphatic rings. The smallest absolute Gasteiger partial charge is 0.310 e. The molecule has 1 aromatic carbocycles. The number of carbonyl (C=O) groups is 2. The van der Waals surface area contributed by atoms with Gasteiger partial charge in [0.1, 0.15) is 0 Å². The lowest BCUT2D eigenvalue weighted by atomic mass is 9.66. The Hall–Kier alpha value is -1.55. The second kappa shape index (κ2) is 5.83. The molecule has 1 aliphatic carbocycles. The van der Waals surface area contributed by atoms with E-state index >= 15 is 0 Å². The molecule has 0 bridgehead atoms. The van der Waals surface area contributed by atoms with Crippen molar-refractivity contribution in [1.82, 2.24) is 4.90 Å². The Morgan fingerprint density at radius 1 is 1.40 bits per heavy atom. The molecule has 1 aromatic rings. The molecule has 0 radical (unpaired) electrons. The molecule has 0 saturated heterocycles. The molecule has 0 atom stereocenters. The number of hydrogen-bond donors (Lipinski definition) is 1. The van der Waals surface area contributed by atoms with E-state index in [0.717, 1.165) is 12.0 Å². The normalized spacial score (nSPS) is 16.3. The highest BCUT2D eigenvalue weighted by molar-refractivity contribution is 6.30. The zero-order valence-corrected chi connectivity index (χ0v) is 12.2. The van der Waals surface area contributed by atoms with E-state index in [0.29, 0.717) is 24.4 Å². The SMILES string of the molecule is CN(Cc1cccc(Cl)c1)C(=O)CC1(C(=O)O)CCC1. The van der Waals surface area contributed by atoms with Gasteiger partial charge in [0.2, 0.25) is 5.91 Å². The predicted molar refractivity (Wildman–Crippen MR) is 76.5 cm³/mol. The Kier molecular flexibility index (Phi) is 4.33. The van der Waals surface area contributed by atoms with Gasteiger partial charge in [-0.15, -0.1) is 0 Å². The number of carboxylic acid groups (broad SMARTS) is 1. The molecule has 0 aromatic heterocycles. The van der Waals surface area contributed by atoms with E-state index < -0.39 is 11.4 Å². The van der Waals surface area contributed by atoms with Gasteiger partial charge in [-0.25, -0.2) is 0 Å². The van der Waals surface area contributed by atoms with Crippen molar-refractivity contribution in [2.24, 2.45) is 5.41 Å². The van der Waals surface area contributed by atoms with E-state index in [2.05, 4.69) is 0 Å². The third-order valence-corrected chi connectivity index (χ3v) is 4.22. The van der Waals surface area contributed by atoms with Crippen LogP contribution in [0.3, 0.4) is 0 Å². The van der Waals surface area contributed by atoms with Crippen molar-refractivity contribution >= 4 is 23.5 Å². The number of nitrogens with zero attached hydrogens (tertiary/aromatic N) is 1. The van der Waals surface area contributed by atoms with Gasteiger partial charge in [-0.3, -0.25) is 9.59 Å². The molecular formula is C15H18ClNO3. The van der Waals surface area contributed by atoms with E-state index in [-0.39, 0.29) is 12.3 Å². The lowest BCUT2D eigenvalue weighted by Crippen LogP contribution is -2.42. The number of benzene rings is 1. The maximum atomic E-state index is 12.2. The summed E-state index contributed by atoms with van der Waals surface area (Å²) in [6, 6.07) is 7.31. The van der Waals surface area contributed by atoms with Gasteiger partial charge in [-0.05, 0) is 30.5 Å². The minimum atomic E-state index is -0.853. The quantitative estimate of drug-likeness (QED) is 0.908. The fourth-order valence-corrected chi connectivity index (χ4v) is 2.70. The number of rotatable bonds is 5. The van der Waals surface area contributed by atoms with Gasteiger partial charge in [0, 0.05) is 25.0 Å². The Labute approximate surface area is 123 Å². The lowest BCUT2D eigenvalue weighted by molar-refractivity contribution is -0.159. The topological polar surface area (TPSA) is 57.6 Å². The molecule has 5 heteroatoms. The van der Waals surface area contributed by atoms with Crippen LogP contribution < -0.4 is 0 Å². The molecule has 4 nitrogen and oxygen atoms in total. The molecule has 1 saturated carbocycles. The summed E-state index contributed by atoms with van der Waals surface area (Å²) in [6.45, 7) is 0.440. The van der Waals surface area contributed by atoms with E-state index in [1.807, 2.05) is 18.2 Å². The summed E-state index contributed by atoms with van der Waals surface area (Å²) >= 11 is 5.91. The first kappa shape index (κ1) is 14.9. The molecule has 0 spiro atoms. The number of carbonyl (C=O) groups excluding carboxylic acids is 1. The maximum Gasteiger partial charge on any atom is 0.310 e. The molecule has 1 fully saturated rings. The van der Waals surface area contributed by atoms with Crippen molar-refractivity contribution in [3.8, 4) is 0 Å². The fraction of sp³-hybridized carbons (Fsp3) is 0.467. The predicted octanol–water partition coefficient (Wildman–Crippen LogP) is 2.94. The number of hydrogen-bond acceptors (Lipinski definition) is 2. The monoisotopic (exact) mass is 295 g/mol. The van der Waals surface area contributed by atoms with Crippen LogP contribution in [0.2, 0.25) is 5.02 Å².